The number of pyridine rings is 2. The Morgan fingerprint density at radius 1 is 0.544 bits per heavy atom. The van der Waals surface area contributed by atoms with Crippen LogP contribution in [0.15, 0.2) is 122 Å². The molecule has 8 rings (SSSR count). The van der Waals surface area contributed by atoms with E-state index in [9.17, 15) is 30.0 Å². The summed E-state index contributed by atoms with van der Waals surface area (Å²) in [5.74, 6) is 1.65. The van der Waals surface area contributed by atoms with Crippen LogP contribution in [-0.4, -0.2) is 103 Å². The van der Waals surface area contributed by atoms with Gasteiger partial charge in [-0.1, -0.05) is 45.9 Å². The number of hydrogen-bond donors (Lipinski definition) is 5. The molecule has 0 unspecified atom stereocenters. The first-order chi connectivity index (χ1) is 32.9. The molecule has 2 aromatic heterocycles. The SMILES string of the molecule is CC1(C)c2cc(C(=O)CCCSSCCNC(=O)c3ccc4c(c3)C(C)(C)c3cc(-c5ccc(N(CCO)CCO)cc5)cc[n+]3-4)ccc2-[n+]2ccc(-c3ccc(N(CCO)CCO)cc3)cc21. The fourth-order valence-corrected chi connectivity index (χ4v) is 11.6. The van der Waals surface area contributed by atoms with E-state index in [1.165, 1.54) is 0 Å². The van der Waals surface area contributed by atoms with E-state index in [4.69, 9.17) is 0 Å². The monoisotopic (exact) mass is 953 g/mol. The molecule has 1 amide bonds. The summed E-state index contributed by atoms with van der Waals surface area (Å²) >= 11 is 0. The number of anilines is 2. The van der Waals surface area contributed by atoms with Crippen LogP contribution in [0.4, 0.5) is 11.4 Å². The number of nitrogens with zero attached hydrogens (tertiary/aromatic N) is 4. The van der Waals surface area contributed by atoms with Gasteiger partial charge in [0, 0.05) is 121 Å². The van der Waals surface area contributed by atoms with Crippen molar-refractivity contribution >= 4 is 44.7 Å². The molecule has 0 radical (unpaired) electrons. The number of carbonyl (C=O) groups excluding carboxylic acids is 2. The highest BCUT2D eigenvalue weighted by Gasteiger charge is 2.45. The molecule has 13 heteroatoms. The van der Waals surface area contributed by atoms with Crippen molar-refractivity contribution in [3.8, 4) is 33.6 Å². The number of hydrogen-bond acceptors (Lipinski definition) is 10. The van der Waals surface area contributed by atoms with Crippen molar-refractivity contribution in [2.75, 3.05) is 80.5 Å². The van der Waals surface area contributed by atoms with Crippen LogP contribution < -0.4 is 24.3 Å². The molecular weight excluding hydrogens is 891 g/mol. The Hall–Kier alpha value is -5.54. The van der Waals surface area contributed by atoms with E-state index < -0.39 is 0 Å². The highest BCUT2D eigenvalue weighted by molar-refractivity contribution is 8.76. The van der Waals surface area contributed by atoms with Gasteiger partial charge in [-0.25, -0.2) is 0 Å². The summed E-state index contributed by atoms with van der Waals surface area (Å²) in [5.41, 5.74) is 13.7. The van der Waals surface area contributed by atoms with Crippen LogP contribution in [0, 0.1) is 0 Å². The van der Waals surface area contributed by atoms with E-state index in [0.29, 0.717) is 44.7 Å². The molecule has 2 aliphatic rings. The molecule has 6 aromatic rings. The first kappa shape index (κ1) is 48.9. The molecule has 0 fully saturated rings. The van der Waals surface area contributed by atoms with Gasteiger partial charge in [-0.15, -0.1) is 0 Å². The third-order valence-electron chi connectivity index (χ3n) is 13.4. The summed E-state index contributed by atoms with van der Waals surface area (Å²) < 4.78 is 4.43. The van der Waals surface area contributed by atoms with Crippen LogP contribution in [0.2, 0.25) is 0 Å². The molecule has 11 nitrogen and oxygen atoms in total. The van der Waals surface area contributed by atoms with Crippen LogP contribution >= 0.6 is 21.6 Å². The maximum Gasteiger partial charge on any atom is 0.251 e. The van der Waals surface area contributed by atoms with E-state index in [1.807, 2.05) is 58.3 Å². The number of rotatable bonds is 22. The van der Waals surface area contributed by atoms with Crippen molar-refractivity contribution < 1.29 is 39.1 Å². The lowest BCUT2D eigenvalue weighted by Crippen LogP contribution is -2.34. The minimum Gasteiger partial charge on any atom is -0.395 e. The summed E-state index contributed by atoms with van der Waals surface area (Å²) in [6.07, 6.45) is 5.45. The second kappa shape index (κ2) is 21.4. The summed E-state index contributed by atoms with van der Waals surface area (Å²) in [6, 6.07) is 37.2. The smallest absolute Gasteiger partial charge is 0.251 e. The zero-order valence-corrected chi connectivity index (χ0v) is 41.1. The zero-order chi connectivity index (χ0) is 48.0. The average Bonchev–Trinajstić information content (AvgIpc) is 3.72. The lowest BCUT2D eigenvalue weighted by atomic mass is 9.81. The van der Waals surface area contributed by atoms with E-state index >= 15 is 0 Å². The number of Topliss-reactive ketones (excluding diaryl/α,β-unsaturated/α-hetero) is 1. The first-order valence-corrected chi connectivity index (χ1v) is 26.0. The summed E-state index contributed by atoms with van der Waals surface area (Å²) in [6.45, 7) is 11.3. The minimum absolute atomic E-state index is 0.0189. The van der Waals surface area contributed by atoms with Gasteiger partial charge in [0.15, 0.2) is 29.6 Å². The van der Waals surface area contributed by atoms with Gasteiger partial charge in [-0.2, -0.15) is 9.13 Å². The quantitative estimate of drug-likeness (QED) is 0.0205. The molecule has 68 heavy (non-hydrogen) atoms. The zero-order valence-electron chi connectivity index (χ0n) is 39.5. The van der Waals surface area contributed by atoms with Gasteiger partial charge in [-0.3, -0.25) is 9.59 Å². The standard InChI is InChI=1S/C55H62N5O6S2/c1-54(2)46-34-42(11-17-48(46)59-22-19-40(36-51(54)59)38-7-13-44(14-8-38)57(24-28-61)25-29-62)50(65)6-5-32-67-68-33-21-56-53(66)43-12-18-49-47(35-43)55(3,4)52-37-41(20-23-60(49)52)39-9-15-45(16-10-39)58(26-30-63)27-31-64/h7-20,22-23,34-37,61-64H,5-6,21,24-33H2,1-4H3/q+1/p+1. The van der Waals surface area contributed by atoms with Gasteiger partial charge >= 0.3 is 0 Å². The summed E-state index contributed by atoms with van der Waals surface area (Å²) in [7, 11) is 3.44. The topological polar surface area (TPSA) is 141 Å². The maximum atomic E-state index is 13.5. The van der Waals surface area contributed by atoms with Crippen molar-refractivity contribution in [1.82, 2.24) is 5.32 Å². The third-order valence-corrected chi connectivity index (χ3v) is 15.9. The van der Waals surface area contributed by atoms with Gasteiger partial charge in [0.05, 0.1) is 37.3 Å². The molecule has 2 aliphatic heterocycles. The van der Waals surface area contributed by atoms with Crippen LogP contribution in [-0.2, 0) is 10.8 Å². The Morgan fingerprint density at radius 2 is 0.985 bits per heavy atom. The molecule has 0 atom stereocenters. The number of fused-ring (bicyclic) bond motifs is 6. The fourth-order valence-electron chi connectivity index (χ4n) is 9.64. The molecule has 5 N–H and O–H groups in total. The highest BCUT2D eigenvalue weighted by atomic mass is 33.1. The van der Waals surface area contributed by atoms with E-state index in [-0.39, 0.29) is 48.9 Å². The van der Waals surface area contributed by atoms with Crippen LogP contribution in [0.5, 0.6) is 0 Å². The summed E-state index contributed by atoms with van der Waals surface area (Å²) in [5, 5.41) is 40.9. The van der Waals surface area contributed by atoms with Gasteiger partial charge in [0.2, 0.25) is 11.4 Å². The Balaban J connectivity index is 0.791. The Kier molecular flexibility index (Phi) is 15.4. The van der Waals surface area contributed by atoms with E-state index in [1.54, 1.807) is 21.6 Å². The number of aromatic nitrogens is 2. The number of aliphatic hydroxyl groups excluding tert-OH is 4. The van der Waals surface area contributed by atoms with Gasteiger partial charge in [0.25, 0.3) is 5.91 Å². The highest BCUT2D eigenvalue weighted by Crippen LogP contribution is 2.41. The summed E-state index contributed by atoms with van der Waals surface area (Å²) in [4.78, 5) is 30.8. The number of amides is 1. The van der Waals surface area contributed by atoms with Crippen molar-refractivity contribution in [2.24, 2.45) is 0 Å². The normalized spacial score (nSPS) is 13.6. The largest absolute Gasteiger partial charge is 0.395 e. The van der Waals surface area contributed by atoms with Gasteiger partial charge in [-0.05, 0) is 105 Å². The Bertz CT molecular complexity index is 2560. The average molecular weight is 954 g/mol. The maximum absolute atomic E-state index is 13.5. The molecule has 0 bridgehead atoms. The van der Waals surface area contributed by atoms with Crippen molar-refractivity contribution in [1.29, 1.82) is 0 Å². The predicted molar refractivity (Wildman–Crippen MR) is 275 cm³/mol. The van der Waals surface area contributed by atoms with Crippen molar-refractivity contribution in [3.63, 3.8) is 0 Å². The molecule has 4 heterocycles. The molecular formula is C55H63N5O6S2+2. The number of aliphatic hydroxyl groups is 4. The second-order valence-corrected chi connectivity index (χ2v) is 21.1. The van der Waals surface area contributed by atoms with Gasteiger partial charge < -0.3 is 35.5 Å². The van der Waals surface area contributed by atoms with E-state index in [0.717, 1.165) is 91.0 Å². The van der Waals surface area contributed by atoms with Crippen LogP contribution in [0.25, 0.3) is 33.6 Å². The van der Waals surface area contributed by atoms with Crippen molar-refractivity contribution in [3.05, 3.63) is 155 Å². The fraction of sp³-hybridized carbons (Fsp3) is 0.345. The predicted octanol–water partition coefficient (Wildman–Crippen LogP) is 7.21. The lowest BCUT2D eigenvalue weighted by molar-refractivity contribution is -0.600. The Labute approximate surface area is 407 Å². The Morgan fingerprint density at radius 3 is 1.46 bits per heavy atom. The van der Waals surface area contributed by atoms with Crippen LogP contribution in [0.3, 0.4) is 0 Å². The first-order valence-electron chi connectivity index (χ1n) is 23.5. The minimum atomic E-state index is -0.329. The van der Waals surface area contributed by atoms with E-state index in [2.05, 4.69) is 115 Å². The number of nitrogens with one attached hydrogen (secondary N) is 1. The molecule has 0 saturated heterocycles. The number of ketones is 1. The van der Waals surface area contributed by atoms with Crippen LogP contribution in [0.1, 0.15) is 83.8 Å². The molecule has 0 spiro atoms. The second-order valence-electron chi connectivity index (χ2n) is 18.4. The third kappa shape index (κ3) is 10.1. The molecule has 4 aromatic carbocycles. The molecule has 0 saturated carbocycles. The lowest BCUT2D eigenvalue weighted by Gasteiger charge is -2.23. The van der Waals surface area contributed by atoms with Gasteiger partial charge in [0.1, 0.15) is 0 Å². The molecule has 354 valence electrons. The molecule has 0 aliphatic carbocycles. The number of carbonyl (C=O) groups is 2. The van der Waals surface area contributed by atoms with Crippen molar-refractivity contribution in [2.45, 2.75) is 51.4 Å². The number of benzene rings is 4.